The van der Waals surface area contributed by atoms with Crippen LogP contribution in [0, 0.1) is 0 Å². The number of para-hydroxylation sites is 4. The summed E-state index contributed by atoms with van der Waals surface area (Å²) in [5.41, 5.74) is 17.3. The molecule has 1 unspecified atom stereocenters. The van der Waals surface area contributed by atoms with Gasteiger partial charge in [-0.05, 0) is 82.6 Å². The van der Waals surface area contributed by atoms with Gasteiger partial charge in [0.05, 0.1) is 33.2 Å². The first-order valence-electron chi connectivity index (χ1n) is 22.5. The predicted molar refractivity (Wildman–Crippen MR) is 264 cm³/mol. The maximum Gasteiger partial charge on any atom is 0.164 e. The first-order valence-corrected chi connectivity index (χ1v) is 22.5. The molecule has 14 rings (SSSR count). The van der Waals surface area contributed by atoms with E-state index in [4.69, 9.17) is 15.0 Å². The molecule has 4 heterocycles. The van der Waals surface area contributed by atoms with Crippen LogP contribution in [0.4, 0.5) is 0 Å². The van der Waals surface area contributed by atoms with Gasteiger partial charge in [0.15, 0.2) is 17.5 Å². The lowest BCUT2D eigenvalue weighted by Gasteiger charge is -2.42. The Kier molecular flexibility index (Phi) is 7.66. The Bertz CT molecular complexity index is 3830. The van der Waals surface area contributed by atoms with E-state index in [0.29, 0.717) is 17.5 Å². The summed E-state index contributed by atoms with van der Waals surface area (Å²) in [6.07, 6.45) is 1.85. The number of hydrogen-bond donors (Lipinski definition) is 0. The van der Waals surface area contributed by atoms with Gasteiger partial charge in [-0.3, -0.25) is 0 Å². The van der Waals surface area contributed by atoms with Crippen molar-refractivity contribution in [3.05, 3.63) is 246 Å². The van der Waals surface area contributed by atoms with E-state index in [2.05, 4.69) is 185 Å². The van der Waals surface area contributed by atoms with Crippen molar-refractivity contribution < 1.29 is 0 Å². The van der Waals surface area contributed by atoms with Gasteiger partial charge < -0.3 is 9.13 Å². The number of hydrogen-bond acceptors (Lipinski definition) is 3. The summed E-state index contributed by atoms with van der Waals surface area (Å²) in [5, 5.41) is 5.01. The Morgan fingerprint density at radius 1 is 0.354 bits per heavy atom. The van der Waals surface area contributed by atoms with E-state index in [1.54, 1.807) is 0 Å². The lowest BCUT2D eigenvalue weighted by Crippen LogP contribution is -2.36. The van der Waals surface area contributed by atoms with Crippen LogP contribution in [-0.2, 0) is 18.3 Å². The van der Waals surface area contributed by atoms with E-state index < -0.39 is 5.41 Å². The van der Waals surface area contributed by atoms with Crippen molar-refractivity contribution in [1.82, 2.24) is 24.1 Å². The fraction of sp³-hybridized carbons (Fsp3) is 0.0500. The molecule has 304 valence electrons. The smallest absolute Gasteiger partial charge is 0.164 e. The van der Waals surface area contributed by atoms with Crippen LogP contribution in [0.1, 0.15) is 33.4 Å². The highest BCUT2D eigenvalue weighted by molar-refractivity contribution is 6.27. The first-order chi connectivity index (χ1) is 32.3. The number of nitrogens with zero attached hydrogens (tertiary/aromatic N) is 5. The summed E-state index contributed by atoms with van der Waals surface area (Å²) in [6.45, 7) is 0. The fourth-order valence-electron chi connectivity index (χ4n) is 11.5. The lowest BCUT2D eigenvalue weighted by molar-refractivity contribution is 0.723. The molecule has 5 heteroatoms. The van der Waals surface area contributed by atoms with Gasteiger partial charge in [-0.2, -0.15) is 0 Å². The molecule has 3 aromatic heterocycles. The van der Waals surface area contributed by atoms with Gasteiger partial charge in [-0.15, -0.1) is 0 Å². The molecular formula is C60H39N5. The summed E-state index contributed by atoms with van der Waals surface area (Å²) in [4.78, 5) is 15.5. The maximum atomic E-state index is 5.25. The largest absolute Gasteiger partial charge is 0.309 e. The normalized spacial score (nSPS) is 15.0. The molecule has 9 aromatic carbocycles. The zero-order valence-electron chi connectivity index (χ0n) is 35.4. The molecule has 0 N–H and O–H groups in total. The minimum Gasteiger partial charge on any atom is -0.309 e. The molecule has 0 bridgehead atoms. The number of fused-ring (bicyclic) bond motifs is 15. The highest BCUT2D eigenvalue weighted by Gasteiger charge is 2.48. The molecule has 1 atom stereocenters. The van der Waals surface area contributed by atoms with Crippen molar-refractivity contribution in [1.29, 1.82) is 0 Å². The average Bonchev–Trinajstić information content (AvgIpc) is 3.86. The van der Waals surface area contributed by atoms with Crippen molar-refractivity contribution in [2.24, 2.45) is 0 Å². The van der Waals surface area contributed by atoms with Gasteiger partial charge >= 0.3 is 0 Å². The van der Waals surface area contributed by atoms with Gasteiger partial charge in [0.2, 0.25) is 0 Å². The number of aryl methyl sites for hydroxylation is 2. The van der Waals surface area contributed by atoms with Crippen molar-refractivity contribution in [2.75, 3.05) is 0 Å². The highest BCUT2D eigenvalue weighted by atomic mass is 15.0. The second-order valence-corrected chi connectivity index (χ2v) is 17.4. The SMILES string of the molecule is c1ccc(-c2nc(-c3ccccc3)nc(-c3ccc4c(c3)C3(c5ccccc5CC4)c4ccccc4-n4c5c3cccc5c3ccc5c(c6ccccc6n5-c5ccccc5)c34)n2)cc1. The van der Waals surface area contributed by atoms with Gasteiger partial charge in [0, 0.05) is 43.9 Å². The molecule has 5 nitrogen and oxygen atoms in total. The Hall–Kier alpha value is -8.41. The van der Waals surface area contributed by atoms with Crippen molar-refractivity contribution in [3.8, 4) is 45.5 Å². The summed E-state index contributed by atoms with van der Waals surface area (Å²) in [5.74, 6) is 1.96. The predicted octanol–water partition coefficient (Wildman–Crippen LogP) is 13.9. The van der Waals surface area contributed by atoms with Gasteiger partial charge in [-0.25, -0.2) is 15.0 Å². The molecule has 65 heavy (non-hydrogen) atoms. The molecule has 1 spiro atoms. The molecule has 2 aliphatic rings. The van der Waals surface area contributed by atoms with E-state index >= 15 is 0 Å². The third kappa shape index (κ3) is 5.06. The zero-order chi connectivity index (χ0) is 42.6. The highest BCUT2D eigenvalue weighted by Crippen LogP contribution is 2.57. The number of rotatable bonds is 4. The maximum absolute atomic E-state index is 5.25. The third-order valence-corrected chi connectivity index (χ3v) is 14.1. The average molecular weight is 830 g/mol. The van der Waals surface area contributed by atoms with Gasteiger partial charge in [-0.1, -0.05) is 176 Å². The van der Waals surface area contributed by atoms with E-state index in [1.807, 2.05) is 36.4 Å². The Labute approximate surface area is 375 Å². The van der Waals surface area contributed by atoms with Crippen LogP contribution in [0.5, 0.6) is 0 Å². The molecule has 12 aromatic rings. The van der Waals surface area contributed by atoms with Crippen LogP contribution >= 0.6 is 0 Å². The molecule has 1 aliphatic carbocycles. The summed E-state index contributed by atoms with van der Waals surface area (Å²) < 4.78 is 5.03. The van der Waals surface area contributed by atoms with E-state index in [9.17, 15) is 0 Å². The van der Waals surface area contributed by atoms with E-state index in [-0.39, 0.29) is 0 Å². The summed E-state index contributed by atoms with van der Waals surface area (Å²) >= 11 is 0. The van der Waals surface area contributed by atoms with Crippen LogP contribution < -0.4 is 0 Å². The van der Waals surface area contributed by atoms with Crippen molar-refractivity contribution in [3.63, 3.8) is 0 Å². The third-order valence-electron chi connectivity index (χ3n) is 14.1. The number of benzene rings is 9. The van der Waals surface area contributed by atoms with Crippen LogP contribution in [0.3, 0.4) is 0 Å². The van der Waals surface area contributed by atoms with Crippen LogP contribution in [0.15, 0.2) is 212 Å². The molecule has 0 saturated carbocycles. The molecule has 0 radical (unpaired) electrons. The molecular weight excluding hydrogens is 791 g/mol. The number of aromatic nitrogens is 5. The minimum absolute atomic E-state index is 0.654. The topological polar surface area (TPSA) is 48.5 Å². The molecule has 1 aliphatic heterocycles. The van der Waals surface area contributed by atoms with Crippen LogP contribution in [-0.4, -0.2) is 24.1 Å². The summed E-state index contributed by atoms with van der Waals surface area (Å²) in [6, 6.07) is 77.3. The quantitative estimate of drug-likeness (QED) is 0.178. The fourth-order valence-corrected chi connectivity index (χ4v) is 11.5. The van der Waals surface area contributed by atoms with Crippen molar-refractivity contribution >= 4 is 43.6 Å². The monoisotopic (exact) mass is 829 g/mol. The Balaban J connectivity index is 1.11. The summed E-state index contributed by atoms with van der Waals surface area (Å²) in [7, 11) is 0. The van der Waals surface area contributed by atoms with Crippen LogP contribution in [0.25, 0.3) is 89.2 Å². The second-order valence-electron chi connectivity index (χ2n) is 17.4. The molecule has 0 saturated heterocycles. The zero-order valence-corrected chi connectivity index (χ0v) is 35.4. The second kappa shape index (κ2) is 13.8. The van der Waals surface area contributed by atoms with Crippen molar-refractivity contribution in [2.45, 2.75) is 18.3 Å². The van der Waals surface area contributed by atoms with E-state index in [0.717, 1.165) is 35.2 Å². The van der Waals surface area contributed by atoms with Gasteiger partial charge in [0.1, 0.15) is 0 Å². The lowest BCUT2D eigenvalue weighted by atomic mass is 9.61. The first kappa shape index (κ1) is 36.1. The standard InChI is InChI=1S/C60H39N5/c1-4-18-40(19-5-1)57-61-58(41-20-6-2-7-21-41)63-59(62-57)42-34-33-39-32-31-38-17-10-12-26-47(38)60(50(39)37-42)48-27-13-15-30-52(48)65-55-44(25-16-28-49(55)60)45-35-36-53-54(56(45)65)46-24-11-14-29-51(46)64(53)43-22-8-3-9-23-43/h1-30,33-37H,31-32H2. The Morgan fingerprint density at radius 2 is 0.923 bits per heavy atom. The van der Waals surface area contributed by atoms with Crippen LogP contribution in [0.2, 0.25) is 0 Å². The minimum atomic E-state index is -0.659. The molecule has 0 amide bonds. The molecule has 0 fully saturated rings. The Morgan fingerprint density at radius 3 is 1.68 bits per heavy atom. The van der Waals surface area contributed by atoms with Gasteiger partial charge in [0.25, 0.3) is 0 Å². The van der Waals surface area contributed by atoms with E-state index in [1.165, 1.54) is 82.7 Å².